The molecule has 3 heterocycles. The average Bonchev–Trinajstić information content (AvgIpc) is 3.06. The summed E-state index contributed by atoms with van der Waals surface area (Å²) in [7, 11) is -3.04. The summed E-state index contributed by atoms with van der Waals surface area (Å²) < 4.78 is 57.3. The molecule has 2 saturated heterocycles. The van der Waals surface area contributed by atoms with Crippen molar-refractivity contribution in [2.45, 2.75) is 32.4 Å². The maximum atomic E-state index is 11.9. The molecule has 12 heteroatoms. The van der Waals surface area contributed by atoms with Gasteiger partial charge in [-0.05, 0) is 37.7 Å². The van der Waals surface area contributed by atoms with E-state index < -0.39 is 22.2 Å². The predicted octanol–water partition coefficient (Wildman–Crippen LogP) is 1.75. The highest BCUT2D eigenvalue weighted by atomic mass is 32.2. The van der Waals surface area contributed by atoms with Crippen LogP contribution in [0.25, 0.3) is 0 Å². The van der Waals surface area contributed by atoms with Gasteiger partial charge in [0.1, 0.15) is 0 Å². The average molecular weight is 424 g/mol. The zero-order valence-electron chi connectivity index (χ0n) is 15.4. The highest BCUT2D eigenvalue weighted by Gasteiger charge is 2.43. The molecular formula is C16H23F3N4O4S. The second kappa shape index (κ2) is 8.60. The number of halogens is 3. The van der Waals surface area contributed by atoms with Crippen molar-refractivity contribution in [1.82, 2.24) is 14.3 Å². The van der Waals surface area contributed by atoms with Gasteiger partial charge in [-0.25, -0.2) is 27.5 Å². The number of sulfonamides is 1. The summed E-state index contributed by atoms with van der Waals surface area (Å²) in [5, 5.41) is 7.12. The molecule has 0 radical (unpaired) electrons. The molecule has 0 amide bonds. The Kier molecular flexibility index (Phi) is 6.86. The fourth-order valence-electron chi connectivity index (χ4n) is 3.39. The van der Waals surface area contributed by atoms with Crippen LogP contribution in [-0.2, 0) is 14.8 Å². The van der Waals surface area contributed by atoms with Crippen LogP contribution in [0.1, 0.15) is 26.2 Å². The van der Waals surface area contributed by atoms with E-state index in [1.165, 1.54) is 0 Å². The molecule has 158 valence electrons. The first-order valence-electron chi connectivity index (χ1n) is 8.79. The van der Waals surface area contributed by atoms with Gasteiger partial charge in [-0.1, -0.05) is 0 Å². The van der Waals surface area contributed by atoms with E-state index in [1.807, 2.05) is 6.07 Å². The number of piperidine rings is 1. The SMILES string of the molecule is CCS(=O)(=O)N1CCC2(CCN(c3ncccn3)C2)CC1.O=C(O)C(F)(F)F. The zero-order valence-corrected chi connectivity index (χ0v) is 16.2. The molecule has 0 aliphatic carbocycles. The van der Waals surface area contributed by atoms with Crippen LogP contribution in [-0.4, -0.2) is 71.9 Å². The van der Waals surface area contributed by atoms with Crippen molar-refractivity contribution in [3.8, 4) is 0 Å². The Balaban J connectivity index is 0.000000345. The molecule has 1 N–H and O–H groups in total. The standard InChI is InChI=1S/C14H22N4O2S.C2HF3O2/c1-2-21(19,20)18-10-5-14(6-11-18)4-9-17(12-14)13-15-7-3-8-16-13;3-2(4,5)1(6)7/h3,7-8H,2,4-6,9-12H2,1H3;(H,6,7). The van der Waals surface area contributed by atoms with Crippen molar-refractivity contribution in [2.75, 3.05) is 36.8 Å². The molecule has 0 aromatic carbocycles. The van der Waals surface area contributed by atoms with E-state index in [0.717, 1.165) is 38.3 Å². The van der Waals surface area contributed by atoms with Crippen LogP contribution >= 0.6 is 0 Å². The van der Waals surface area contributed by atoms with Gasteiger partial charge in [0, 0.05) is 38.6 Å². The number of carboxylic acid groups (broad SMARTS) is 1. The molecule has 1 aromatic rings. The Labute approximate surface area is 161 Å². The third-order valence-corrected chi connectivity index (χ3v) is 6.94. The topological polar surface area (TPSA) is 104 Å². The normalized spacial score (nSPS) is 19.9. The van der Waals surface area contributed by atoms with Gasteiger partial charge in [0.25, 0.3) is 0 Å². The van der Waals surface area contributed by atoms with E-state index >= 15 is 0 Å². The molecule has 2 fully saturated rings. The lowest BCUT2D eigenvalue weighted by molar-refractivity contribution is -0.192. The molecule has 8 nitrogen and oxygen atoms in total. The second-order valence-electron chi connectivity index (χ2n) is 6.82. The van der Waals surface area contributed by atoms with Gasteiger partial charge < -0.3 is 10.0 Å². The molecular weight excluding hydrogens is 401 g/mol. The van der Waals surface area contributed by atoms with Crippen molar-refractivity contribution >= 4 is 21.9 Å². The molecule has 3 rings (SSSR count). The van der Waals surface area contributed by atoms with E-state index in [4.69, 9.17) is 9.90 Å². The van der Waals surface area contributed by atoms with Crippen LogP contribution < -0.4 is 4.90 Å². The highest BCUT2D eigenvalue weighted by molar-refractivity contribution is 7.89. The van der Waals surface area contributed by atoms with Crippen LogP contribution in [0.4, 0.5) is 19.1 Å². The molecule has 0 saturated carbocycles. The summed E-state index contributed by atoms with van der Waals surface area (Å²) in [6, 6.07) is 1.82. The Hall–Kier alpha value is -1.95. The van der Waals surface area contributed by atoms with Crippen molar-refractivity contribution in [1.29, 1.82) is 0 Å². The lowest BCUT2D eigenvalue weighted by Crippen LogP contribution is -2.44. The maximum absolute atomic E-state index is 11.9. The Morgan fingerprint density at radius 1 is 1.18 bits per heavy atom. The Morgan fingerprint density at radius 2 is 1.68 bits per heavy atom. The third kappa shape index (κ3) is 5.53. The van der Waals surface area contributed by atoms with Crippen molar-refractivity contribution in [3.63, 3.8) is 0 Å². The molecule has 0 unspecified atom stereocenters. The van der Waals surface area contributed by atoms with E-state index in [-0.39, 0.29) is 11.2 Å². The predicted molar refractivity (Wildman–Crippen MR) is 95.3 cm³/mol. The van der Waals surface area contributed by atoms with Gasteiger partial charge in [-0.3, -0.25) is 0 Å². The van der Waals surface area contributed by atoms with Crippen molar-refractivity contribution in [2.24, 2.45) is 5.41 Å². The van der Waals surface area contributed by atoms with Crippen LogP contribution in [0, 0.1) is 5.41 Å². The lowest BCUT2D eigenvalue weighted by Gasteiger charge is -2.38. The van der Waals surface area contributed by atoms with Crippen molar-refractivity contribution < 1.29 is 31.5 Å². The fraction of sp³-hybridized carbons (Fsp3) is 0.688. The molecule has 2 aliphatic rings. The Bertz CT molecular complexity index is 766. The minimum absolute atomic E-state index is 0.198. The molecule has 1 aromatic heterocycles. The number of hydrogen-bond acceptors (Lipinski definition) is 6. The number of hydrogen-bond donors (Lipinski definition) is 1. The molecule has 0 atom stereocenters. The van der Waals surface area contributed by atoms with Crippen molar-refractivity contribution in [3.05, 3.63) is 18.5 Å². The quantitative estimate of drug-likeness (QED) is 0.788. The van der Waals surface area contributed by atoms with Gasteiger partial charge >= 0.3 is 12.1 Å². The summed E-state index contributed by atoms with van der Waals surface area (Å²) in [6.45, 7) is 4.92. The number of aliphatic carboxylic acids is 1. The molecule has 1 spiro atoms. The summed E-state index contributed by atoms with van der Waals surface area (Å²) in [5.74, 6) is -1.77. The van der Waals surface area contributed by atoms with Crippen LogP contribution in [0.15, 0.2) is 18.5 Å². The zero-order chi connectivity index (χ0) is 21.0. The Morgan fingerprint density at radius 3 is 2.14 bits per heavy atom. The lowest BCUT2D eigenvalue weighted by atomic mass is 9.78. The smallest absolute Gasteiger partial charge is 0.475 e. The van der Waals surface area contributed by atoms with Gasteiger partial charge in [0.2, 0.25) is 16.0 Å². The maximum Gasteiger partial charge on any atom is 0.490 e. The minimum atomic E-state index is -5.08. The minimum Gasteiger partial charge on any atom is -0.475 e. The number of nitrogens with zero attached hydrogens (tertiary/aromatic N) is 4. The number of anilines is 1. The summed E-state index contributed by atoms with van der Waals surface area (Å²) in [6.07, 6.45) is 1.43. The summed E-state index contributed by atoms with van der Waals surface area (Å²) >= 11 is 0. The summed E-state index contributed by atoms with van der Waals surface area (Å²) in [4.78, 5) is 19.8. The van der Waals surface area contributed by atoms with Crippen LogP contribution in [0.3, 0.4) is 0 Å². The van der Waals surface area contributed by atoms with Gasteiger partial charge in [-0.15, -0.1) is 0 Å². The highest BCUT2D eigenvalue weighted by Crippen LogP contribution is 2.41. The second-order valence-corrected chi connectivity index (χ2v) is 9.08. The number of aromatic nitrogens is 2. The largest absolute Gasteiger partial charge is 0.490 e. The first-order valence-corrected chi connectivity index (χ1v) is 10.4. The third-order valence-electron chi connectivity index (χ3n) is 5.06. The van der Waals surface area contributed by atoms with E-state index in [1.54, 1.807) is 23.6 Å². The van der Waals surface area contributed by atoms with Gasteiger partial charge in [0.15, 0.2) is 0 Å². The number of rotatable bonds is 3. The molecule has 28 heavy (non-hydrogen) atoms. The van der Waals surface area contributed by atoms with E-state index in [0.29, 0.717) is 13.1 Å². The molecule has 2 aliphatic heterocycles. The first-order chi connectivity index (χ1) is 13.0. The van der Waals surface area contributed by atoms with Gasteiger partial charge in [-0.2, -0.15) is 13.2 Å². The number of carboxylic acids is 1. The van der Waals surface area contributed by atoms with Crippen LogP contribution in [0.5, 0.6) is 0 Å². The summed E-state index contributed by atoms with van der Waals surface area (Å²) in [5.41, 5.74) is 0.235. The first kappa shape index (κ1) is 22.3. The number of alkyl halides is 3. The fourth-order valence-corrected chi connectivity index (χ4v) is 4.49. The van der Waals surface area contributed by atoms with E-state index in [9.17, 15) is 21.6 Å². The van der Waals surface area contributed by atoms with Crippen LogP contribution in [0.2, 0.25) is 0 Å². The van der Waals surface area contributed by atoms with E-state index in [2.05, 4.69) is 14.9 Å². The van der Waals surface area contributed by atoms with Gasteiger partial charge in [0.05, 0.1) is 5.75 Å². The molecule has 0 bridgehead atoms. The monoisotopic (exact) mass is 424 g/mol. The number of carbonyl (C=O) groups is 1.